The zero-order chi connectivity index (χ0) is 14.4. The Labute approximate surface area is 108 Å². The Morgan fingerprint density at radius 3 is 2.42 bits per heavy atom. The number of non-ortho nitro benzene ring substituents is 1. The van der Waals surface area contributed by atoms with Crippen molar-refractivity contribution in [1.82, 2.24) is 0 Å². The van der Waals surface area contributed by atoms with E-state index in [9.17, 15) is 19.7 Å². The second-order valence-electron chi connectivity index (χ2n) is 3.66. The summed E-state index contributed by atoms with van der Waals surface area (Å²) >= 11 is 0. The first-order chi connectivity index (χ1) is 8.90. The summed E-state index contributed by atoms with van der Waals surface area (Å²) in [6, 6.07) is 5.60. The number of nitro benzene ring substituents is 1. The highest BCUT2D eigenvalue weighted by Crippen LogP contribution is 2.12. The summed E-state index contributed by atoms with van der Waals surface area (Å²) in [4.78, 5) is 31.9. The molecule has 0 heterocycles. The number of rotatable bonds is 5. The van der Waals surface area contributed by atoms with E-state index in [4.69, 9.17) is 5.73 Å². The van der Waals surface area contributed by atoms with Crippen molar-refractivity contribution in [3.8, 4) is 0 Å². The van der Waals surface area contributed by atoms with Gasteiger partial charge in [-0.15, -0.1) is 0 Å². The average Bonchev–Trinajstić information content (AvgIpc) is 2.36. The summed E-state index contributed by atoms with van der Waals surface area (Å²) in [7, 11) is 0. The van der Waals surface area contributed by atoms with Crippen LogP contribution in [0, 0.1) is 10.1 Å². The average molecular weight is 264 g/mol. The molecule has 19 heavy (non-hydrogen) atoms. The van der Waals surface area contributed by atoms with Crippen LogP contribution in [-0.2, 0) is 14.3 Å². The van der Waals surface area contributed by atoms with E-state index in [-0.39, 0.29) is 5.69 Å². The topological polar surface area (TPSA) is 113 Å². The van der Waals surface area contributed by atoms with Crippen molar-refractivity contribution >= 4 is 23.6 Å². The first-order valence-corrected chi connectivity index (χ1v) is 5.32. The predicted molar refractivity (Wildman–Crippen MR) is 66.9 cm³/mol. The monoisotopic (exact) mass is 264 g/mol. The first-order valence-electron chi connectivity index (χ1n) is 5.32. The highest BCUT2D eigenvalue weighted by molar-refractivity contribution is 5.89. The van der Waals surface area contributed by atoms with Crippen molar-refractivity contribution in [3.05, 3.63) is 46.0 Å². The second kappa shape index (κ2) is 6.29. The van der Waals surface area contributed by atoms with E-state index in [1.54, 1.807) is 0 Å². The van der Waals surface area contributed by atoms with Crippen LogP contribution in [0.2, 0.25) is 0 Å². The quantitative estimate of drug-likeness (QED) is 0.369. The molecule has 1 aromatic carbocycles. The lowest BCUT2D eigenvalue weighted by atomic mass is 10.2. The maximum absolute atomic E-state index is 11.3. The number of hydrogen-bond acceptors (Lipinski definition) is 5. The van der Waals surface area contributed by atoms with Crippen molar-refractivity contribution in [2.24, 2.45) is 5.73 Å². The Kier molecular flexibility index (Phi) is 4.76. The maximum Gasteiger partial charge on any atom is 0.331 e. The molecule has 0 bridgehead atoms. The molecule has 7 heteroatoms. The minimum Gasteiger partial charge on any atom is -0.449 e. The molecule has 7 nitrogen and oxygen atoms in total. The van der Waals surface area contributed by atoms with Crippen LogP contribution in [0.5, 0.6) is 0 Å². The number of amides is 1. The Morgan fingerprint density at radius 2 is 1.95 bits per heavy atom. The maximum atomic E-state index is 11.3. The van der Waals surface area contributed by atoms with E-state index in [0.717, 1.165) is 6.08 Å². The van der Waals surface area contributed by atoms with Crippen molar-refractivity contribution < 1.29 is 19.2 Å². The highest BCUT2D eigenvalue weighted by Gasteiger charge is 2.12. The van der Waals surface area contributed by atoms with Gasteiger partial charge in [-0.25, -0.2) is 4.79 Å². The minimum atomic E-state index is -1.01. The fourth-order valence-corrected chi connectivity index (χ4v) is 1.14. The van der Waals surface area contributed by atoms with Gasteiger partial charge >= 0.3 is 5.97 Å². The largest absolute Gasteiger partial charge is 0.449 e. The molecule has 0 aliphatic carbocycles. The summed E-state index contributed by atoms with van der Waals surface area (Å²) in [5, 5.41) is 10.4. The van der Waals surface area contributed by atoms with E-state index in [0.29, 0.717) is 5.56 Å². The van der Waals surface area contributed by atoms with Crippen molar-refractivity contribution in [3.63, 3.8) is 0 Å². The molecule has 100 valence electrons. The lowest BCUT2D eigenvalue weighted by Gasteiger charge is -2.06. The summed E-state index contributed by atoms with van der Waals surface area (Å²) in [6.45, 7) is 1.36. The fourth-order valence-electron chi connectivity index (χ4n) is 1.14. The highest BCUT2D eigenvalue weighted by atomic mass is 16.6. The summed E-state index contributed by atoms with van der Waals surface area (Å²) in [6.07, 6.45) is 1.52. The third-order valence-corrected chi connectivity index (χ3v) is 2.21. The molecular formula is C12H12N2O5. The number of ether oxygens (including phenoxy) is 1. The van der Waals surface area contributed by atoms with E-state index in [1.807, 2.05) is 0 Å². The number of esters is 1. The standard InChI is InChI=1S/C12H12N2O5/c1-8(12(13)16)19-11(15)7-4-9-2-5-10(6-3-9)14(17)18/h2-8H,1H3,(H2,13,16)/b7-4+/t8-/m1/s1. The first kappa shape index (κ1) is 14.4. The lowest BCUT2D eigenvalue weighted by molar-refractivity contribution is -0.384. The fraction of sp³-hybridized carbons (Fsp3) is 0.167. The van der Waals surface area contributed by atoms with Gasteiger partial charge in [0.05, 0.1) is 4.92 Å². The third kappa shape index (κ3) is 4.58. The number of primary amides is 1. The van der Waals surface area contributed by atoms with E-state index >= 15 is 0 Å². The van der Waals surface area contributed by atoms with Gasteiger partial charge < -0.3 is 10.5 Å². The van der Waals surface area contributed by atoms with E-state index in [2.05, 4.69) is 4.74 Å². The van der Waals surface area contributed by atoms with Crippen LogP contribution in [0.1, 0.15) is 12.5 Å². The van der Waals surface area contributed by atoms with Crippen LogP contribution >= 0.6 is 0 Å². The van der Waals surface area contributed by atoms with Crippen LogP contribution in [0.3, 0.4) is 0 Å². The number of nitro groups is 1. The van der Waals surface area contributed by atoms with Crippen molar-refractivity contribution in [2.45, 2.75) is 13.0 Å². The van der Waals surface area contributed by atoms with Gasteiger partial charge in [-0.2, -0.15) is 0 Å². The third-order valence-electron chi connectivity index (χ3n) is 2.21. The normalized spacial score (nSPS) is 12.1. The van der Waals surface area contributed by atoms with Gasteiger partial charge in [0.1, 0.15) is 0 Å². The molecule has 0 aliphatic heterocycles. The van der Waals surface area contributed by atoms with Crippen molar-refractivity contribution in [2.75, 3.05) is 0 Å². The molecule has 0 saturated carbocycles. The van der Waals surface area contributed by atoms with Crippen LogP contribution in [0.15, 0.2) is 30.3 Å². The van der Waals surface area contributed by atoms with Gasteiger partial charge in [-0.3, -0.25) is 14.9 Å². The Balaban J connectivity index is 2.63. The molecule has 0 spiro atoms. The molecule has 2 N–H and O–H groups in total. The molecule has 0 radical (unpaired) electrons. The van der Waals surface area contributed by atoms with Crippen LogP contribution in [0.4, 0.5) is 5.69 Å². The lowest BCUT2D eigenvalue weighted by Crippen LogP contribution is -2.29. The van der Waals surface area contributed by atoms with Gasteiger partial charge in [0.2, 0.25) is 0 Å². The van der Waals surface area contributed by atoms with Crippen LogP contribution in [0.25, 0.3) is 6.08 Å². The number of nitrogens with two attached hydrogens (primary N) is 1. The van der Waals surface area contributed by atoms with E-state index < -0.39 is 22.9 Å². The predicted octanol–water partition coefficient (Wildman–Crippen LogP) is 1.02. The molecule has 1 amide bonds. The number of hydrogen-bond donors (Lipinski definition) is 1. The van der Waals surface area contributed by atoms with Crippen LogP contribution < -0.4 is 5.73 Å². The molecule has 0 aliphatic rings. The zero-order valence-corrected chi connectivity index (χ0v) is 10.1. The smallest absolute Gasteiger partial charge is 0.331 e. The Hall–Kier alpha value is -2.70. The number of benzene rings is 1. The molecule has 0 fully saturated rings. The number of carbonyl (C=O) groups is 2. The Morgan fingerprint density at radius 1 is 1.37 bits per heavy atom. The van der Waals surface area contributed by atoms with Crippen molar-refractivity contribution in [1.29, 1.82) is 0 Å². The van der Waals surface area contributed by atoms with Gasteiger partial charge in [0.25, 0.3) is 11.6 Å². The summed E-state index contributed by atoms with van der Waals surface area (Å²) < 4.78 is 4.69. The molecule has 0 aromatic heterocycles. The van der Waals surface area contributed by atoms with E-state index in [1.165, 1.54) is 37.3 Å². The molecule has 0 unspecified atom stereocenters. The van der Waals surface area contributed by atoms with Gasteiger partial charge in [0.15, 0.2) is 6.10 Å². The number of carbonyl (C=O) groups excluding carboxylic acids is 2. The zero-order valence-electron chi connectivity index (χ0n) is 10.1. The SMILES string of the molecule is C[C@@H](OC(=O)/C=C/c1ccc([N+](=O)[O-])cc1)C(N)=O. The van der Waals surface area contributed by atoms with Gasteiger partial charge in [-0.1, -0.05) is 0 Å². The van der Waals surface area contributed by atoms with Gasteiger partial charge in [0, 0.05) is 18.2 Å². The molecule has 1 atom stereocenters. The second-order valence-corrected chi connectivity index (χ2v) is 3.66. The molecule has 0 saturated heterocycles. The van der Waals surface area contributed by atoms with Crippen LogP contribution in [-0.4, -0.2) is 22.9 Å². The summed E-state index contributed by atoms with van der Waals surface area (Å²) in [5.41, 5.74) is 5.48. The minimum absolute atomic E-state index is 0.0397. The molecular weight excluding hydrogens is 252 g/mol. The molecule has 1 aromatic rings. The van der Waals surface area contributed by atoms with Gasteiger partial charge in [-0.05, 0) is 30.7 Å². The Bertz CT molecular complexity index is 521. The molecule has 1 rings (SSSR count). The number of nitrogens with zero attached hydrogens (tertiary/aromatic N) is 1. The summed E-state index contributed by atoms with van der Waals surface area (Å²) in [5.74, 6) is -1.46.